The first-order chi connectivity index (χ1) is 8.44. The van der Waals surface area contributed by atoms with Crippen LogP contribution in [0.4, 0.5) is 0 Å². The van der Waals surface area contributed by atoms with Gasteiger partial charge in [0.25, 0.3) is 0 Å². The molecule has 1 nitrogen and oxygen atoms in total. The first-order valence-electron chi connectivity index (χ1n) is 6.73. The van der Waals surface area contributed by atoms with E-state index in [1.165, 1.54) is 23.3 Å². The van der Waals surface area contributed by atoms with Crippen LogP contribution in [-0.4, -0.2) is 24.1 Å². The molecule has 102 valence electrons. The van der Waals surface area contributed by atoms with E-state index in [-0.39, 0.29) is 5.54 Å². The maximum Gasteiger partial charge on any atom is 0.00967 e. The molecule has 0 fully saturated rings. The van der Waals surface area contributed by atoms with E-state index in [0.29, 0.717) is 5.92 Å². The van der Waals surface area contributed by atoms with E-state index in [1.54, 1.807) is 0 Å². The summed E-state index contributed by atoms with van der Waals surface area (Å²) in [4.78, 5) is 0. The summed E-state index contributed by atoms with van der Waals surface area (Å²) in [5.74, 6) is 1.85. The average Bonchev–Trinajstić information content (AvgIpc) is 2.29. The molecule has 0 saturated carbocycles. The van der Waals surface area contributed by atoms with E-state index >= 15 is 0 Å². The molecule has 0 aromatic heterocycles. The lowest BCUT2D eigenvalue weighted by molar-refractivity contribution is 0.403. The average molecular weight is 265 g/mol. The summed E-state index contributed by atoms with van der Waals surface area (Å²) >= 11 is 1.94. The number of nitrogens with one attached hydrogen (secondary N) is 1. The van der Waals surface area contributed by atoms with Crippen molar-refractivity contribution in [3.05, 3.63) is 35.4 Å². The summed E-state index contributed by atoms with van der Waals surface area (Å²) in [5.41, 5.74) is 3.11. The predicted molar refractivity (Wildman–Crippen MR) is 84.7 cm³/mol. The number of benzene rings is 1. The van der Waals surface area contributed by atoms with Gasteiger partial charge in [0, 0.05) is 12.1 Å². The van der Waals surface area contributed by atoms with E-state index < -0.39 is 0 Å². The Labute approximate surface area is 117 Å². The maximum absolute atomic E-state index is 3.65. The predicted octanol–water partition coefficient (Wildman–Crippen LogP) is 4.22. The van der Waals surface area contributed by atoms with E-state index in [1.807, 2.05) is 11.8 Å². The summed E-state index contributed by atoms with van der Waals surface area (Å²) in [6, 6.07) is 8.79. The molecule has 0 aliphatic rings. The van der Waals surface area contributed by atoms with Gasteiger partial charge in [-0.1, -0.05) is 24.3 Å². The topological polar surface area (TPSA) is 12.0 Å². The number of hydrogen-bond acceptors (Lipinski definition) is 2. The van der Waals surface area contributed by atoms with Crippen molar-refractivity contribution in [2.75, 3.05) is 18.6 Å². The van der Waals surface area contributed by atoms with Crippen molar-refractivity contribution in [3.63, 3.8) is 0 Å². The monoisotopic (exact) mass is 265 g/mol. The lowest BCUT2D eigenvalue weighted by atomic mass is 9.91. The van der Waals surface area contributed by atoms with Gasteiger partial charge >= 0.3 is 0 Å². The van der Waals surface area contributed by atoms with Crippen LogP contribution in [0, 0.1) is 6.92 Å². The zero-order valence-electron chi connectivity index (χ0n) is 12.4. The Hall–Kier alpha value is -0.470. The summed E-state index contributed by atoms with van der Waals surface area (Å²) < 4.78 is 0. The van der Waals surface area contributed by atoms with Crippen molar-refractivity contribution < 1.29 is 0 Å². The molecule has 1 aromatic rings. The van der Waals surface area contributed by atoms with Crippen LogP contribution in [0.25, 0.3) is 0 Å². The molecular formula is C16H27NS. The van der Waals surface area contributed by atoms with Crippen LogP contribution < -0.4 is 5.32 Å². The molecule has 0 bridgehead atoms. The molecule has 1 rings (SSSR count). The van der Waals surface area contributed by atoms with Gasteiger partial charge in [-0.15, -0.1) is 0 Å². The van der Waals surface area contributed by atoms with E-state index in [2.05, 4.69) is 63.5 Å². The fourth-order valence-corrected chi connectivity index (χ4v) is 2.62. The van der Waals surface area contributed by atoms with Crippen molar-refractivity contribution >= 4 is 11.8 Å². The minimum atomic E-state index is 0.195. The second-order valence-electron chi connectivity index (χ2n) is 5.97. The zero-order valence-corrected chi connectivity index (χ0v) is 13.2. The van der Waals surface area contributed by atoms with Crippen LogP contribution in [0.2, 0.25) is 0 Å². The minimum Gasteiger partial charge on any atom is -0.311 e. The molecule has 1 aromatic carbocycles. The molecule has 2 heteroatoms. The highest BCUT2D eigenvalue weighted by atomic mass is 32.2. The molecule has 0 spiro atoms. The lowest BCUT2D eigenvalue weighted by Crippen LogP contribution is -2.38. The van der Waals surface area contributed by atoms with Gasteiger partial charge in [0.15, 0.2) is 0 Å². The molecule has 1 unspecified atom stereocenters. The number of thioether (sulfide) groups is 1. The van der Waals surface area contributed by atoms with E-state index in [9.17, 15) is 0 Å². The highest BCUT2D eigenvalue weighted by Crippen LogP contribution is 2.24. The fraction of sp³-hybridized carbons (Fsp3) is 0.625. The number of rotatable bonds is 6. The Morgan fingerprint density at radius 1 is 1.22 bits per heavy atom. The van der Waals surface area contributed by atoms with E-state index in [4.69, 9.17) is 0 Å². The third-order valence-electron chi connectivity index (χ3n) is 3.18. The highest BCUT2D eigenvalue weighted by Gasteiger charge is 2.16. The van der Waals surface area contributed by atoms with Crippen LogP contribution >= 0.6 is 11.8 Å². The minimum absolute atomic E-state index is 0.195. The van der Waals surface area contributed by atoms with Gasteiger partial charge in [-0.25, -0.2) is 0 Å². The summed E-state index contributed by atoms with van der Waals surface area (Å²) in [6.45, 7) is 9.98. The van der Waals surface area contributed by atoms with Gasteiger partial charge in [-0.3, -0.25) is 0 Å². The molecule has 0 amide bonds. The van der Waals surface area contributed by atoms with Crippen LogP contribution in [0.15, 0.2) is 24.3 Å². The molecule has 0 heterocycles. The van der Waals surface area contributed by atoms with Crippen molar-refractivity contribution in [2.45, 2.75) is 45.6 Å². The first-order valence-corrected chi connectivity index (χ1v) is 8.13. The Morgan fingerprint density at radius 2 is 1.89 bits per heavy atom. The fourth-order valence-electron chi connectivity index (χ4n) is 2.10. The van der Waals surface area contributed by atoms with E-state index in [0.717, 1.165) is 6.54 Å². The van der Waals surface area contributed by atoms with Gasteiger partial charge in [-0.2, -0.15) is 11.8 Å². The summed E-state index contributed by atoms with van der Waals surface area (Å²) in [5, 5.41) is 3.65. The quantitative estimate of drug-likeness (QED) is 0.826. The third-order valence-corrected chi connectivity index (χ3v) is 3.82. The largest absolute Gasteiger partial charge is 0.311 e. The molecule has 18 heavy (non-hydrogen) atoms. The normalized spacial score (nSPS) is 13.6. The molecule has 1 atom stereocenters. The van der Waals surface area contributed by atoms with Gasteiger partial charge in [0.05, 0.1) is 0 Å². The number of aryl methyl sites for hydroxylation is 1. The second-order valence-corrected chi connectivity index (χ2v) is 6.95. The second kappa shape index (κ2) is 7.20. The highest BCUT2D eigenvalue weighted by molar-refractivity contribution is 7.98. The zero-order chi connectivity index (χ0) is 13.6. The van der Waals surface area contributed by atoms with Crippen LogP contribution in [0.1, 0.15) is 44.2 Å². The van der Waals surface area contributed by atoms with Gasteiger partial charge < -0.3 is 5.32 Å². The Morgan fingerprint density at radius 3 is 2.44 bits per heavy atom. The third kappa shape index (κ3) is 5.45. The van der Waals surface area contributed by atoms with Crippen LogP contribution in [0.3, 0.4) is 0 Å². The maximum atomic E-state index is 3.65. The van der Waals surface area contributed by atoms with Crippen LogP contribution in [-0.2, 0) is 0 Å². The smallest absolute Gasteiger partial charge is 0.00967 e. The van der Waals surface area contributed by atoms with Crippen molar-refractivity contribution in [2.24, 2.45) is 0 Å². The van der Waals surface area contributed by atoms with Gasteiger partial charge in [0.1, 0.15) is 0 Å². The van der Waals surface area contributed by atoms with Crippen molar-refractivity contribution in [1.29, 1.82) is 0 Å². The van der Waals surface area contributed by atoms with Gasteiger partial charge in [0.2, 0.25) is 0 Å². The Bertz CT molecular complexity index is 354. The molecule has 0 saturated heterocycles. The molecule has 0 radical (unpaired) electrons. The molecule has 1 N–H and O–H groups in total. The van der Waals surface area contributed by atoms with Crippen LogP contribution in [0.5, 0.6) is 0 Å². The SMILES string of the molecule is CSCCC(CNC(C)(C)C)c1ccccc1C. The molecule has 0 aliphatic carbocycles. The summed E-state index contributed by atoms with van der Waals surface area (Å²) in [6.07, 6.45) is 3.43. The molecule has 0 aliphatic heterocycles. The Kier molecular flexibility index (Phi) is 6.24. The summed E-state index contributed by atoms with van der Waals surface area (Å²) in [7, 11) is 0. The molecular weight excluding hydrogens is 238 g/mol. The van der Waals surface area contributed by atoms with Crippen molar-refractivity contribution in [1.82, 2.24) is 5.32 Å². The number of hydrogen-bond donors (Lipinski definition) is 1. The Balaban J connectivity index is 2.75. The van der Waals surface area contributed by atoms with Crippen molar-refractivity contribution in [3.8, 4) is 0 Å². The lowest BCUT2D eigenvalue weighted by Gasteiger charge is -2.26. The van der Waals surface area contributed by atoms with Gasteiger partial charge in [-0.05, 0) is 63.2 Å². The first kappa shape index (κ1) is 15.6. The standard InChI is InChI=1S/C16H27NS/c1-13-8-6-7-9-15(13)14(10-11-18-5)12-17-16(2,3)4/h6-9,14,17H,10-12H2,1-5H3.